The minimum absolute atomic E-state index is 0.241. The molecule has 1 aliphatic heterocycles. The predicted molar refractivity (Wildman–Crippen MR) is 128 cm³/mol. The van der Waals surface area contributed by atoms with Crippen LogP contribution < -0.4 is 27.0 Å². The Morgan fingerprint density at radius 1 is 1.12 bits per heavy atom. The van der Waals surface area contributed by atoms with E-state index in [0.717, 1.165) is 37.1 Å². The van der Waals surface area contributed by atoms with E-state index in [1.807, 2.05) is 25.1 Å². The van der Waals surface area contributed by atoms with Gasteiger partial charge in [0, 0.05) is 30.4 Å². The Hall–Kier alpha value is -3.92. The Kier molecular flexibility index (Phi) is 6.84. The highest BCUT2D eigenvalue weighted by Crippen LogP contribution is 2.22. The number of benzene rings is 2. The fourth-order valence-corrected chi connectivity index (χ4v) is 3.55. The number of nitrogens with one attached hydrogen (secondary N) is 4. The summed E-state index contributed by atoms with van der Waals surface area (Å²) in [5.41, 5.74) is 8.54. The van der Waals surface area contributed by atoms with Crippen LogP contribution in [-0.4, -0.2) is 51.6 Å². The van der Waals surface area contributed by atoms with Gasteiger partial charge in [0.05, 0.1) is 0 Å². The van der Waals surface area contributed by atoms with Gasteiger partial charge in [-0.1, -0.05) is 18.2 Å². The first-order valence-electron chi connectivity index (χ1n) is 10.9. The molecule has 1 fully saturated rings. The lowest BCUT2D eigenvalue weighted by Crippen LogP contribution is -2.24. The molecule has 0 unspecified atom stereocenters. The number of aromatic nitrogens is 3. The van der Waals surface area contributed by atoms with Crippen LogP contribution in [0.2, 0.25) is 0 Å². The highest BCUT2D eigenvalue weighted by Gasteiger charge is 2.17. The topological polar surface area (TPSA) is 150 Å². The van der Waals surface area contributed by atoms with E-state index in [1.165, 1.54) is 0 Å². The van der Waals surface area contributed by atoms with Gasteiger partial charge in [0.25, 0.3) is 0 Å². The molecule has 1 aliphatic rings. The van der Waals surface area contributed by atoms with Crippen molar-refractivity contribution in [2.75, 3.05) is 35.6 Å². The van der Waals surface area contributed by atoms with Crippen LogP contribution in [-0.2, 0) is 6.42 Å². The van der Waals surface area contributed by atoms with Crippen molar-refractivity contribution in [1.29, 1.82) is 0 Å². The zero-order valence-corrected chi connectivity index (χ0v) is 18.4. The number of phenols is 1. The average Bonchev–Trinajstić information content (AvgIpc) is 3.29. The molecule has 7 N–H and O–H groups in total. The fourth-order valence-electron chi connectivity index (χ4n) is 3.55. The van der Waals surface area contributed by atoms with Crippen molar-refractivity contribution in [2.45, 2.75) is 25.8 Å². The summed E-state index contributed by atoms with van der Waals surface area (Å²) in [6.45, 7) is 4.33. The first kappa shape index (κ1) is 22.3. The first-order valence-corrected chi connectivity index (χ1v) is 10.9. The number of hydrogen-bond acceptors (Lipinski definition) is 9. The van der Waals surface area contributed by atoms with Gasteiger partial charge in [-0.2, -0.15) is 15.0 Å². The van der Waals surface area contributed by atoms with Crippen LogP contribution in [0.5, 0.6) is 5.75 Å². The lowest BCUT2D eigenvalue weighted by molar-refractivity contribution is 0.100. The molecule has 1 aromatic heterocycles. The van der Waals surface area contributed by atoms with Crippen LogP contribution in [0.25, 0.3) is 0 Å². The van der Waals surface area contributed by atoms with E-state index < -0.39 is 5.91 Å². The molecule has 1 saturated heterocycles. The molecule has 2 heterocycles. The third kappa shape index (κ3) is 6.07. The summed E-state index contributed by atoms with van der Waals surface area (Å²) in [6, 6.07) is 12.5. The van der Waals surface area contributed by atoms with Crippen molar-refractivity contribution in [2.24, 2.45) is 5.73 Å². The number of anilines is 4. The molecule has 172 valence electrons. The largest absolute Gasteiger partial charge is 0.508 e. The second-order valence-corrected chi connectivity index (χ2v) is 8.00. The third-order valence-electron chi connectivity index (χ3n) is 5.43. The number of nitrogens with zero attached hydrogens (tertiary/aromatic N) is 3. The lowest BCUT2D eigenvalue weighted by atomic mass is 10.1. The Morgan fingerprint density at radius 2 is 1.88 bits per heavy atom. The highest BCUT2D eigenvalue weighted by atomic mass is 16.3. The number of rotatable bonds is 9. The molecule has 0 radical (unpaired) electrons. The molecule has 0 spiro atoms. The summed E-state index contributed by atoms with van der Waals surface area (Å²) in [7, 11) is 0. The number of phenolic OH excluding ortho intramolecular Hbond substituents is 1. The number of nitrogens with two attached hydrogens (primary N) is 1. The van der Waals surface area contributed by atoms with Crippen molar-refractivity contribution in [3.63, 3.8) is 0 Å². The second kappa shape index (κ2) is 10.1. The van der Waals surface area contributed by atoms with E-state index in [0.29, 0.717) is 35.6 Å². The maximum absolute atomic E-state index is 11.6. The Bertz CT molecular complexity index is 1110. The van der Waals surface area contributed by atoms with Crippen molar-refractivity contribution >= 4 is 29.4 Å². The minimum Gasteiger partial charge on any atom is -0.508 e. The summed E-state index contributed by atoms with van der Waals surface area (Å²) in [4.78, 5) is 25.1. The SMILES string of the molecule is Cc1ccc(C(N)=O)cc1Nc1nc(NCCc2ccc(O)cc2)nc(N[C@@H]2CCNC2)n1. The van der Waals surface area contributed by atoms with Gasteiger partial charge >= 0.3 is 0 Å². The van der Waals surface area contributed by atoms with Crippen LogP contribution in [0.4, 0.5) is 23.5 Å². The van der Waals surface area contributed by atoms with Gasteiger partial charge < -0.3 is 32.1 Å². The summed E-state index contributed by atoms with van der Waals surface area (Å²) in [6.07, 6.45) is 1.72. The van der Waals surface area contributed by atoms with E-state index >= 15 is 0 Å². The van der Waals surface area contributed by atoms with Crippen LogP contribution in [0.1, 0.15) is 27.9 Å². The van der Waals surface area contributed by atoms with Crippen molar-refractivity contribution in [3.05, 3.63) is 59.2 Å². The number of amides is 1. The third-order valence-corrected chi connectivity index (χ3v) is 5.43. The smallest absolute Gasteiger partial charge is 0.248 e. The minimum atomic E-state index is -0.499. The van der Waals surface area contributed by atoms with Crippen molar-refractivity contribution in [1.82, 2.24) is 20.3 Å². The van der Waals surface area contributed by atoms with Gasteiger partial charge in [-0.3, -0.25) is 4.79 Å². The van der Waals surface area contributed by atoms with Crippen LogP contribution >= 0.6 is 0 Å². The van der Waals surface area contributed by atoms with Crippen molar-refractivity contribution in [3.8, 4) is 5.75 Å². The fraction of sp³-hybridized carbons (Fsp3) is 0.304. The Morgan fingerprint density at radius 3 is 2.61 bits per heavy atom. The molecular formula is C23H28N8O2. The standard InChI is InChI=1S/C23H28N8O2/c1-14-2-5-16(20(24)33)12-19(14)28-23-30-21(26-11-8-15-3-6-18(32)7-4-15)29-22(31-23)27-17-9-10-25-13-17/h2-7,12,17,25,32H,8-11,13H2,1H3,(H2,24,33)(H3,26,27,28,29,30,31)/t17-/m1/s1. The summed E-state index contributed by atoms with van der Waals surface area (Å²) < 4.78 is 0. The molecule has 10 heteroatoms. The monoisotopic (exact) mass is 448 g/mol. The molecule has 3 aromatic rings. The van der Waals surface area contributed by atoms with Gasteiger partial charge in [0.2, 0.25) is 23.8 Å². The number of primary amides is 1. The number of carbonyl (C=O) groups is 1. The molecule has 0 bridgehead atoms. The maximum atomic E-state index is 11.6. The van der Waals surface area contributed by atoms with E-state index in [9.17, 15) is 9.90 Å². The first-order chi connectivity index (χ1) is 16.0. The molecule has 4 rings (SSSR count). The zero-order chi connectivity index (χ0) is 23.2. The van der Waals surface area contributed by atoms with Crippen LogP contribution in [0, 0.1) is 6.92 Å². The van der Waals surface area contributed by atoms with Gasteiger partial charge in [0.1, 0.15) is 5.75 Å². The molecule has 10 nitrogen and oxygen atoms in total. The van der Waals surface area contributed by atoms with E-state index in [1.54, 1.807) is 24.3 Å². The number of aryl methyl sites for hydroxylation is 1. The number of aromatic hydroxyl groups is 1. The average molecular weight is 449 g/mol. The van der Waals surface area contributed by atoms with Gasteiger partial charge in [-0.25, -0.2) is 0 Å². The number of hydrogen-bond donors (Lipinski definition) is 6. The molecule has 0 aliphatic carbocycles. The Balaban J connectivity index is 1.53. The molecule has 1 amide bonds. The van der Waals surface area contributed by atoms with Crippen LogP contribution in [0.15, 0.2) is 42.5 Å². The molecule has 1 atom stereocenters. The predicted octanol–water partition coefficient (Wildman–Crippen LogP) is 2.16. The zero-order valence-electron chi connectivity index (χ0n) is 18.4. The summed E-state index contributed by atoms with van der Waals surface area (Å²) >= 11 is 0. The number of carbonyl (C=O) groups excluding carboxylic acids is 1. The van der Waals surface area contributed by atoms with E-state index in [2.05, 4.69) is 36.2 Å². The van der Waals surface area contributed by atoms with Gasteiger partial charge in [-0.15, -0.1) is 0 Å². The molecule has 2 aromatic carbocycles. The van der Waals surface area contributed by atoms with Crippen molar-refractivity contribution < 1.29 is 9.90 Å². The highest BCUT2D eigenvalue weighted by molar-refractivity contribution is 5.94. The second-order valence-electron chi connectivity index (χ2n) is 8.00. The maximum Gasteiger partial charge on any atom is 0.248 e. The summed E-state index contributed by atoms with van der Waals surface area (Å²) in [5, 5.41) is 22.6. The normalized spacial score (nSPS) is 15.2. The molecule has 0 saturated carbocycles. The lowest BCUT2D eigenvalue weighted by Gasteiger charge is -2.15. The Labute approximate surface area is 192 Å². The van der Waals surface area contributed by atoms with E-state index in [-0.39, 0.29) is 11.8 Å². The van der Waals surface area contributed by atoms with Crippen LogP contribution in [0.3, 0.4) is 0 Å². The molecular weight excluding hydrogens is 420 g/mol. The van der Waals surface area contributed by atoms with Gasteiger partial charge in [-0.05, 0) is 61.7 Å². The quantitative estimate of drug-likeness (QED) is 0.289. The molecule has 33 heavy (non-hydrogen) atoms. The van der Waals surface area contributed by atoms with Gasteiger partial charge in [0.15, 0.2) is 0 Å². The summed E-state index contributed by atoms with van der Waals surface area (Å²) in [5.74, 6) is 1.00. The van der Waals surface area contributed by atoms with E-state index in [4.69, 9.17) is 5.73 Å².